The summed E-state index contributed by atoms with van der Waals surface area (Å²) in [4.78, 5) is 18.9. The second-order valence-electron chi connectivity index (χ2n) is 6.81. The highest BCUT2D eigenvalue weighted by atomic mass is 16.5. The number of carbonyl (C=O) groups excluding carboxylic acids is 1. The maximum Gasteiger partial charge on any atom is 0.228 e. The van der Waals surface area contributed by atoms with Crippen LogP contribution in [0.5, 0.6) is 5.75 Å². The molecule has 1 aliphatic rings. The highest BCUT2D eigenvalue weighted by Gasteiger charge is 2.25. The van der Waals surface area contributed by atoms with E-state index >= 15 is 0 Å². The summed E-state index contributed by atoms with van der Waals surface area (Å²) in [6.45, 7) is 5.11. The van der Waals surface area contributed by atoms with E-state index in [2.05, 4.69) is 21.3 Å². The van der Waals surface area contributed by atoms with Crippen molar-refractivity contribution in [1.82, 2.24) is 9.88 Å². The molecule has 1 fully saturated rings. The van der Waals surface area contributed by atoms with E-state index in [0.717, 1.165) is 38.0 Å². The summed E-state index contributed by atoms with van der Waals surface area (Å²) < 4.78 is 5.74. The minimum absolute atomic E-state index is 0.0248. The van der Waals surface area contributed by atoms with E-state index in [4.69, 9.17) is 10.00 Å². The maximum absolute atomic E-state index is 12.4. The van der Waals surface area contributed by atoms with Gasteiger partial charge < -0.3 is 10.1 Å². The number of ether oxygens (including phenoxy) is 1. The molecule has 2 heterocycles. The Balaban J connectivity index is 1.39. The van der Waals surface area contributed by atoms with Crippen molar-refractivity contribution in [3.05, 3.63) is 53.7 Å². The van der Waals surface area contributed by atoms with Crippen LogP contribution in [-0.4, -0.2) is 42.0 Å². The van der Waals surface area contributed by atoms with Gasteiger partial charge in [-0.2, -0.15) is 5.26 Å². The average molecular weight is 364 g/mol. The number of aromatic nitrogens is 1. The van der Waals surface area contributed by atoms with E-state index in [1.165, 1.54) is 0 Å². The normalized spacial score (nSPS) is 15.1. The molecular weight excluding hydrogens is 340 g/mol. The fourth-order valence-electron chi connectivity index (χ4n) is 3.20. The van der Waals surface area contributed by atoms with Crippen molar-refractivity contribution >= 4 is 11.7 Å². The molecule has 1 N–H and O–H groups in total. The van der Waals surface area contributed by atoms with Gasteiger partial charge in [0.15, 0.2) is 0 Å². The fourth-order valence-corrected chi connectivity index (χ4v) is 3.20. The van der Waals surface area contributed by atoms with Crippen LogP contribution in [0.2, 0.25) is 0 Å². The number of pyridine rings is 1. The number of likely N-dealkylation sites (tertiary alicyclic amines) is 1. The zero-order valence-electron chi connectivity index (χ0n) is 15.5. The lowest BCUT2D eigenvalue weighted by molar-refractivity contribution is -0.121. The number of anilines is 1. The topological polar surface area (TPSA) is 78.2 Å². The van der Waals surface area contributed by atoms with E-state index in [1.54, 1.807) is 18.3 Å². The van der Waals surface area contributed by atoms with E-state index in [1.807, 2.05) is 31.2 Å². The molecule has 1 aliphatic heterocycles. The largest absolute Gasteiger partial charge is 0.492 e. The first kappa shape index (κ1) is 18.9. The molecule has 6 nitrogen and oxygen atoms in total. The lowest BCUT2D eigenvalue weighted by Gasteiger charge is -2.31. The molecule has 0 saturated carbocycles. The Bertz CT molecular complexity index is 823. The third-order valence-electron chi connectivity index (χ3n) is 4.76. The second kappa shape index (κ2) is 9.15. The van der Waals surface area contributed by atoms with Crippen molar-refractivity contribution in [2.45, 2.75) is 19.8 Å². The van der Waals surface area contributed by atoms with Gasteiger partial charge in [0.05, 0.1) is 11.6 Å². The van der Waals surface area contributed by atoms with Gasteiger partial charge in [-0.15, -0.1) is 0 Å². The molecule has 6 heteroatoms. The van der Waals surface area contributed by atoms with E-state index in [0.29, 0.717) is 23.7 Å². The highest BCUT2D eigenvalue weighted by molar-refractivity contribution is 5.91. The van der Waals surface area contributed by atoms with Gasteiger partial charge in [0.25, 0.3) is 0 Å². The molecule has 1 aromatic carbocycles. The highest BCUT2D eigenvalue weighted by Crippen LogP contribution is 2.19. The van der Waals surface area contributed by atoms with Gasteiger partial charge in [0.2, 0.25) is 5.91 Å². The summed E-state index contributed by atoms with van der Waals surface area (Å²) in [7, 11) is 0. The third-order valence-corrected chi connectivity index (χ3v) is 4.76. The SMILES string of the molecule is Cc1ccnc(NC(=O)C2CCN(CCOc3cccc(C#N)c3)CC2)c1. The van der Waals surface area contributed by atoms with Crippen LogP contribution < -0.4 is 10.1 Å². The number of hydrogen-bond donors (Lipinski definition) is 1. The fraction of sp³-hybridized carbons (Fsp3) is 0.381. The molecule has 3 rings (SSSR count). The number of piperidine rings is 1. The van der Waals surface area contributed by atoms with Crippen LogP contribution in [-0.2, 0) is 4.79 Å². The number of nitriles is 1. The molecule has 0 radical (unpaired) electrons. The number of hydrogen-bond acceptors (Lipinski definition) is 5. The average Bonchev–Trinajstić information content (AvgIpc) is 2.69. The lowest BCUT2D eigenvalue weighted by atomic mass is 9.96. The molecule has 0 atom stereocenters. The van der Waals surface area contributed by atoms with Crippen LogP contribution in [0.4, 0.5) is 5.82 Å². The minimum Gasteiger partial charge on any atom is -0.492 e. The van der Waals surface area contributed by atoms with Crippen LogP contribution >= 0.6 is 0 Å². The molecule has 1 amide bonds. The first-order valence-electron chi connectivity index (χ1n) is 9.23. The molecule has 27 heavy (non-hydrogen) atoms. The van der Waals surface area contributed by atoms with Crippen molar-refractivity contribution in [1.29, 1.82) is 5.26 Å². The number of rotatable bonds is 6. The Labute approximate surface area is 159 Å². The number of nitrogens with one attached hydrogen (secondary N) is 1. The first-order chi connectivity index (χ1) is 13.1. The Hall–Kier alpha value is -2.91. The standard InChI is InChI=1S/C21H24N4O2/c1-16-5-8-23-20(13-16)24-21(26)18-6-9-25(10-7-18)11-12-27-19-4-2-3-17(14-19)15-22/h2-5,8,13-14,18H,6-7,9-12H2,1H3,(H,23,24,26). The summed E-state index contributed by atoms with van der Waals surface area (Å²) in [5, 5.41) is 11.8. The van der Waals surface area contributed by atoms with Gasteiger partial charge in [-0.25, -0.2) is 4.98 Å². The van der Waals surface area contributed by atoms with Crippen molar-refractivity contribution in [3.8, 4) is 11.8 Å². The van der Waals surface area contributed by atoms with Gasteiger partial charge in [-0.05, 0) is 68.8 Å². The number of carbonyl (C=O) groups is 1. The smallest absolute Gasteiger partial charge is 0.228 e. The van der Waals surface area contributed by atoms with Crippen molar-refractivity contribution < 1.29 is 9.53 Å². The molecular formula is C21H24N4O2. The summed E-state index contributed by atoms with van der Waals surface area (Å²) in [6.07, 6.45) is 3.38. The minimum atomic E-state index is 0.0248. The first-order valence-corrected chi connectivity index (χ1v) is 9.23. The predicted octanol–water partition coefficient (Wildman–Crippen LogP) is 2.99. The summed E-state index contributed by atoms with van der Waals surface area (Å²) in [6, 6.07) is 13.1. The Morgan fingerprint density at radius 1 is 1.33 bits per heavy atom. The molecule has 140 valence electrons. The van der Waals surface area contributed by atoms with Crippen molar-refractivity contribution in [2.75, 3.05) is 31.6 Å². The van der Waals surface area contributed by atoms with Crippen LogP contribution in [0.1, 0.15) is 24.0 Å². The third kappa shape index (κ3) is 5.53. The summed E-state index contributed by atoms with van der Waals surface area (Å²) in [5.74, 6) is 1.42. The quantitative estimate of drug-likeness (QED) is 0.852. The van der Waals surface area contributed by atoms with E-state index < -0.39 is 0 Å². The molecule has 2 aromatic rings. The molecule has 0 bridgehead atoms. The van der Waals surface area contributed by atoms with Crippen LogP contribution in [0.15, 0.2) is 42.6 Å². The monoisotopic (exact) mass is 364 g/mol. The Kier molecular flexibility index (Phi) is 6.39. The molecule has 1 saturated heterocycles. The zero-order valence-corrected chi connectivity index (χ0v) is 15.5. The summed E-state index contributed by atoms with van der Waals surface area (Å²) >= 11 is 0. The van der Waals surface area contributed by atoms with E-state index in [-0.39, 0.29) is 11.8 Å². The predicted molar refractivity (Wildman–Crippen MR) is 103 cm³/mol. The second-order valence-corrected chi connectivity index (χ2v) is 6.81. The van der Waals surface area contributed by atoms with Gasteiger partial charge in [0.1, 0.15) is 18.2 Å². The molecule has 0 aliphatic carbocycles. The Morgan fingerprint density at radius 2 is 2.15 bits per heavy atom. The van der Waals surface area contributed by atoms with Crippen LogP contribution in [0.25, 0.3) is 0 Å². The Morgan fingerprint density at radius 3 is 2.89 bits per heavy atom. The van der Waals surface area contributed by atoms with Gasteiger partial charge in [0, 0.05) is 18.7 Å². The van der Waals surface area contributed by atoms with Crippen LogP contribution in [0.3, 0.4) is 0 Å². The zero-order chi connectivity index (χ0) is 19.1. The van der Waals surface area contributed by atoms with Crippen molar-refractivity contribution in [2.24, 2.45) is 5.92 Å². The van der Waals surface area contributed by atoms with Gasteiger partial charge in [-0.1, -0.05) is 6.07 Å². The van der Waals surface area contributed by atoms with Crippen LogP contribution in [0, 0.1) is 24.2 Å². The van der Waals surface area contributed by atoms with Crippen molar-refractivity contribution in [3.63, 3.8) is 0 Å². The summed E-state index contributed by atoms with van der Waals surface area (Å²) in [5.41, 5.74) is 1.68. The lowest BCUT2D eigenvalue weighted by Crippen LogP contribution is -2.40. The maximum atomic E-state index is 12.4. The number of amides is 1. The van der Waals surface area contributed by atoms with Gasteiger partial charge >= 0.3 is 0 Å². The van der Waals surface area contributed by atoms with Gasteiger partial charge in [-0.3, -0.25) is 9.69 Å². The molecule has 0 unspecified atom stereocenters. The number of nitrogens with zero attached hydrogens (tertiary/aromatic N) is 3. The molecule has 1 aromatic heterocycles. The van der Waals surface area contributed by atoms with E-state index in [9.17, 15) is 4.79 Å². The number of aryl methyl sites for hydroxylation is 1. The number of benzene rings is 1. The molecule has 0 spiro atoms.